The number of H-pyrrole nitrogens is 1. The van der Waals surface area contributed by atoms with E-state index in [9.17, 15) is 4.79 Å². The Bertz CT molecular complexity index is 1090. The number of nitrogens with one attached hydrogen (secondary N) is 2. The van der Waals surface area contributed by atoms with Gasteiger partial charge >= 0.3 is 0 Å². The molecule has 2 fully saturated rings. The zero-order valence-corrected chi connectivity index (χ0v) is 18.1. The van der Waals surface area contributed by atoms with Crippen LogP contribution >= 0.6 is 0 Å². The molecule has 1 aliphatic heterocycles. The van der Waals surface area contributed by atoms with Gasteiger partial charge in [-0.3, -0.25) is 4.79 Å². The van der Waals surface area contributed by atoms with Crippen molar-refractivity contribution < 1.29 is 9.64 Å². The van der Waals surface area contributed by atoms with Crippen molar-refractivity contribution in [3.05, 3.63) is 46.0 Å². The van der Waals surface area contributed by atoms with Gasteiger partial charge in [0, 0.05) is 6.07 Å². The van der Waals surface area contributed by atoms with Crippen molar-refractivity contribution in [2.24, 2.45) is 0 Å². The molecule has 1 aromatic carbocycles. The van der Waals surface area contributed by atoms with Crippen LogP contribution in [0.25, 0.3) is 10.9 Å². The second kappa shape index (κ2) is 8.78. The second-order valence-electron chi connectivity index (χ2n) is 8.93. The third kappa shape index (κ3) is 3.96. The summed E-state index contributed by atoms with van der Waals surface area (Å²) in [6.07, 6.45) is 9.46. The maximum absolute atomic E-state index is 13.3. The Hall–Kier alpha value is -2.74. The highest BCUT2D eigenvalue weighted by atomic mass is 16.5. The maximum Gasteiger partial charge on any atom is 0.258 e. The first-order valence-electron chi connectivity index (χ1n) is 11.6. The number of likely N-dealkylation sites (tertiary alicyclic amines) is 1. The van der Waals surface area contributed by atoms with Crippen molar-refractivity contribution in [2.45, 2.75) is 63.5 Å². The van der Waals surface area contributed by atoms with Gasteiger partial charge < -0.3 is 14.6 Å². The molecule has 3 heterocycles. The van der Waals surface area contributed by atoms with E-state index in [1.54, 1.807) is 7.11 Å². The molecule has 0 spiro atoms. The number of nitrogens with zero attached hydrogens (tertiary/aromatic N) is 4. The molecule has 31 heavy (non-hydrogen) atoms. The van der Waals surface area contributed by atoms with E-state index in [0.717, 1.165) is 54.0 Å². The number of benzene rings is 1. The third-order valence-electron chi connectivity index (χ3n) is 6.99. The van der Waals surface area contributed by atoms with E-state index in [1.165, 1.54) is 43.4 Å². The number of fused-ring (bicyclic) bond motifs is 1. The average Bonchev–Trinajstić information content (AvgIpc) is 3.41. The third-order valence-corrected chi connectivity index (χ3v) is 6.99. The average molecular weight is 424 g/mol. The number of aromatic nitrogens is 5. The summed E-state index contributed by atoms with van der Waals surface area (Å²) < 4.78 is 7.35. The fourth-order valence-electron chi connectivity index (χ4n) is 5.35. The van der Waals surface area contributed by atoms with E-state index in [0.29, 0.717) is 6.04 Å². The second-order valence-corrected chi connectivity index (χ2v) is 8.93. The van der Waals surface area contributed by atoms with Crippen molar-refractivity contribution >= 4 is 10.9 Å². The van der Waals surface area contributed by atoms with Crippen LogP contribution in [0.5, 0.6) is 5.75 Å². The summed E-state index contributed by atoms with van der Waals surface area (Å²) >= 11 is 0. The Labute approximate surface area is 181 Å². The molecule has 1 atom stereocenters. The van der Waals surface area contributed by atoms with Gasteiger partial charge in [0.05, 0.1) is 37.3 Å². The minimum Gasteiger partial charge on any atom is -0.497 e. The SMILES string of the molecule is COc1ccc2cc([C@H](c3nnnn3C3CCCC3)[NH+]3CCCCCC3)c(=O)[nH]c2c1. The standard InChI is InChI=1S/C23H30N6O2/c1-31-18-11-10-16-14-19(23(30)24-20(16)15-18)21(28-12-6-2-3-7-13-28)22-25-26-27-29(22)17-8-4-5-9-17/h10-11,14-15,17,21H,2-9,12-13H2,1H3,(H,24,30)/p+1/t21-/m1/s1. The molecule has 5 rings (SSSR count). The van der Waals surface area contributed by atoms with Gasteiger partial charge in [-0.25, -0.2) is 4.68 Å². The summed E-state index contributed by atoms with van der Waals surface area (Å²) in [7, 11) is 1.63. The van der Waals surface area contributed by atoms with Crippen LogP contribution in [0.4, 0.5) is 0 Å². The summed E-state index contributed by atoms with van der Waals surface area (Å²) in [6.45, 7) is 2.06. The van der Waals surface area contributed by atoms with Crippen molar-refractivity contribution in [1.82, 2.24) is 25.2 Å². The van der Waals surface area contributed by atoms with Crippen LogP contribution in [0.2, 0.25) is 0 Å². The molecule has 0 unspecified atom stereocenters. The van der Waals surface area contributed by atoms with Crippen molar-refractivity contribution in [3.63, 3.8) is 0 Å². The number of tetrazole rings is 1. The van der Waals surface area contributed by atoms with Gasteiger partial charge in [-0.05, 0) is 72.5 Å². The monoisotopic (exact) mass is 423 g/mol. The summed E-state index contributed by atoms with van der Waals surface area (Å²) in [6, 6.07) is 8.01. The Morgan fingerprint density at radius 2 is 1.87 bits per heavy atom. The van der Waals surface area contributed by atoms with Crippen molar-refractivity contribution in [2.75, 3.05) is 20.2 Å². The molecule has 1 saturated heterocycles. The van der Waals surface area contributed by atoms with Crippen LogP contribution in [-0.2, 0) is 0 Å². The van der Waals surface area contributed by atoms with Crippen LogP contribution in [0.15, 0.2) is 29.1 Å². The number of quaternary nitrogens is 1. The fraction of sp³-hybridized carbons (Fsp3) is 0.565. The predicted molar refractivity (Wildman–Crippen MR) is 117 cm³/mol. The molecule has 164 valence electrons. The number of pyridine rings is 1. The first-order chi connectivity index (χ1) is 15.2. The van der Waals surface area contributed by atoms with Crippen LogP contribution in [0.1, 0.15) is 74.8 Å². The number of hydrogen-bond donors (Lipinski definition) is 2. The number of rotatable bonds is 5. The first-order valence-corrected chi connectivity index (χ1v) is 11.6. The van der Waals surface area contributed by atoms with E-state index in [1.807, 2.05) is 28.9 Å². The Kier molecular flexibility index (Phi) is 5.72. The molecule has 2 N–H and O–H groups in total. The van der Waals surface area contributed by atoms with Gasteiger partial charge in [0.2, 0.25) is 5.82 Å². The zero-order valence-electron chi connectivity index (χ0n) is 18.1. The molecule has 0 radical (unpaired) electrons. The zero-order chi connectivity index (χ0) is 21.2. The van der Waals surface area contributed by atoms with Gasteiger partial charge in [0.15, 0.2) is 6.04 Å². The Balaban J connectivity index is 1.63. The van der Waals surface area contributed by atoms with E-state index in [-0.39, 0.29) is 11.6 Å². The van der Waals surface area contributed by atoms with E-state index >= 15 is 0 Å². The highest BCUT2D eigenvalue weighted by molar-refractivity contribution is 5.80. The lowest BCUT2D eigenvalue weighted by Crippen LogP contribution is -3.12. The van der Waals surface area contributed by atoms with E-state index in [4.69, 9.17) is 4.74 Å². The number of methoxy groups -OCH3 is 1. The van der Waals surface area contributed by atoms with E-state index in [2.05, 4.69) is 20.5 Å². The molecule has 8 heteroatoms. The lowest BCUT2D eigenvalue weighted by atomic mass is 10.0. The summed E-state index contributed by atoms with van der Waals surface area (Å²) in [5.74, 6) is 1.57. The largest absolute Gasteiger partial charge is 0.497 e. The topological polar surface area (TPSA) is 90.1 Å². The Morgan fingerprint density at radius 1 is 1.10 bits per heavy atom. The predicted octanol–water partition coefficient (Wildman–Crippen LogP) is 2.19. The smallest absolute Gasteiger partial charge is 0.258 e. The van der Waals surface area contributed by atoms with Gasteiger partial charge in [-0.15, -0.1) is 5.10 Å². The molecule has 2 aliphatic rings. The van der Waals surface area contributed by atoms with Crippen LogP contribution in [0, 0.1) is 0 Å². The molecule has 8 nitrogen and oxygen atoms in total. The summed E-state index contributed by atoms with van der Waals surface area (Å²) in [5, 5.41) is 14.0. The summed E-state index contributed by atoms with van der Waals surface area (Å²) in [4.78, 5) is 17.8. The molecule has 1 aliphatic carbocycles. The van der Waals surface area contributed by atoms with Crippen molar-refractivity contribution in [1.29, 1.82) is 0 Å². The van der Waals surface area contributed by atoms with E-state index < -0.39 is 0 Å². The van der Waals surface area contributed by atoms with Crippen molar-refractivity contribution in [3.8, 4) is 5.75 Å². The van der Waals surface area contributed by atoms with Gasteiger partial charge in [0.1, 0.15) is 5.75 Å². The molecular formula is C23H31N6O2+. The molecule has 0 bridgehead atoms. The van der Waals surface area contributed by atoms with Crippen LogP contribution < -0.4 is 15.2 Å². The number of aromatic amines is 1. The molecule has 2 aromatic heterocycles. The number of ether oxygens (including phenoxy) is 1. The lowest BCUT2D eigenvalue weighted by Gasteiger charge is -2.27. The minimum absolute atomic E-state index is 0.0662. The maximum atomic E-state index is 13.3. The highest BCUT2D eigenvalue weighted by Crippen LogP contribution is 2.31. The highest BCUT2D eigenvalue weighted by Gasteiger charge is 2.36. The molecular weight excluding hydrogens is 392 g/mol. The molecule has 1 saturated carbocycles. The van der Waals surface area contributed by atoms with Gasteiger partial charge in [-0.1, -0.05) is 12.8 Å². The summed E-state index contributed by atoms with van der Waals surface area (Å²) in [5.41, 5.74) is 1.47. The molecule has 3 aromatic rings. The normalized spacial score (nSPS) is 19.5. The van der Waals surface area contributed by atoms with Crippen LogP contribution in [-0.4, -0.2) is 45.4 Å². The minimum atomic E-state index is -0.163. The van der Waals surface area contributed by atoms with Gasteiger partial charge in [-0.2, -0.15) is 0 Å². The first kappa shape index (κ1) is 20.2. The van der Waals surface area contributed by atoms with Crippen LogP contribution in [0.3, 0.4) is 0 Å². The molecule has 0 amide bonds. The quantitative estimate of drug-likeness (QED) is 0.657. The fourth-order valence-corrected chi connectivity index (χ4v) is 5.35. The Morgan fingerprint density at radius 3 is 2.61 bits per heavy atom. The number of hydrogen-bond acceptors (Lipinski definition) is 5. The lowest BCUT2D eigenvalue weighted by molar-refractivity contribution is -0.925. The van der Waals surface area contributed by atoms with Gasteiger partial charge in [0.25, 0.3) is 5.56 Å².